The number of rotatable bonds is 2. The lowest BCUT2D eigenvalue weighted by atomic mass is 9.81. The molecular weight excluding hydrogens is 174 g/mol. The molecule has 0 spiro atoms. The number of carbonyl (C=O) groups excluding carboxylic acids is 1. The van der Waals surface area contributed by atoms with E-state index in [4.69, 9.17) is 11.6 Å². The van der Waals surface area contributed by atoms with E-state index in [0.717, 1.165) is 0 Å². The number of alkyl halides is 1. The molecule has 1 atom stereocenters. The molecule has 2 nitrogen and oxygen atoms in total. The van der Waals surface area contributed by atoms with Gasteiger partial charge in [0.05, 0.1) is 5.92 Å². The first-order valence-electron chi connectivity index (χ1n) is 4.08. The third-order valence-electron chi connectivity index (χ3n) is 1.94. The van der Waals surface area contributed by atoms with E-state index >= 15 is 0 Å². The van der Waals surface area contributed by atoms with Crippen molar-refractivity contribution < 1.29 is 4.79 Å². The van der Waals surface area contributed by atoms with Gasteiger partial charge in [-0.05, 0) is 5.41 Å². The Bertz CT molecular complexity index is 160. The highest BCUT2D eigenvalue weighted by molar-refractivity contribution is 6.19. The summed E-state index contributed by atoms with van der Waals surface area (Å²) in [6, 6.07) is 0. The maximum Gasteiger partial charge on any atom is 0.226 e. The molecule has 1 amide bonds. The van der Waals surface area contributed by atoms with Gasteiger partial charge in [-0.3, -0.25) is 4.79 Å². The van der Waals surface area contributed by atoms with E-state index in [1.165, 1.54) is 0 Å². The van der Waals surface area contributed by atoms with Crippen LogP contribution in [-0.2, 0) is 4.79 Å². The van der Waals surface area contributed by atoms with Crippen molar-refractivity contribution in [3.8, 4) is 0 Å². The van der Waals surface area contributed by atoms with Gasteiger partial charge in [-0.1, -0.05) is 20.8 Å². The van der Waals surface area contributed by atoms with Crippen molar-refractivity contribution >= 4 is 17.5 Å². The lowest BCUT2D eigenvalue weighted by Gasteiger charge is -2.29. The number of carbonyl (C=O) groups is 1. The zero-order valence-electron chi connectivity index (χ0n) is 8.52. The quantitative estimate of drug-likeness (QED) is 0.612. The first-order valence-corrected chi connectivity index (χ1v) is 4.61. The van der Waals surface area contributed by atoms with Gasteiger partial charge in [0.1, 0.15) is 0 Å². The molecule has 1 unspecified atom stereocenters. The average molecular weight is 192 g/mol. The fourth-order valence-electron chi connectivity index (χ4n) is 0.980. The van der Waals surface area contributed by atoms with Crippen LogP contribution in [0.2, 0.25) is 0 Å². The monoisotopic (exact) mass is 191 g/mol. The highest BCUT2D eigenvalue weighted by Crippen LogP contribution is 2.28. The Hall–Kier alpha value is -0.240. The molecule has 0 aromatic carbocycles. The van der Waals surface area contributed by atoms with E-state index < -0.39 is 0 Å². The molecule has 0 rings (SSSR count). The van der Waals surface area contributed by atoms with E-state index in [1.807, 2.05) is 20.8 Å². The predicted octanol–water partition coefficient (Wildman–Crippen LogP) is 1.98. The number of halogens is 1. The summed E-state index contributed by atoms with van der Waals surface area (Å²) in [7, 11) is 3.52. The van der Waals surface area contributed by atoms with Gasteiger partial charge in [-0.25, -0.2) is 0 Å². The van der Waals surface area contributed by atoms with Crippen LogP contribution in [0.15, 0.2) is 0 Å². The van der Waals surface area contributed by atoms with Crippen LogP contribution < -0.4 is 0 Å². The summed E-state index contributed by atoms with van der Waals surface area (Å²) < 4.78 is 0. The highest BCUT2D eigenvalue weighted by atomic mass is 35.5. The van der Waals surface area contributed by atoms with Gasteiger partial charge < -0.3 is 4.90 Å². The summed E-state index contributed by atoms with van der Waals surface area (Å²) >= 11 is 5.74. The Morgan fingerprint density at radius 2 is 1.83 bits per heavy atom. The second-order valence-corrected chi connectivity index (χ2v) is 4.61. The van der Waals surface area contributed by atoms with E-state index in [0.29, 0.717) is 5.88 Å². The normalized spacial score (nSPS) is 14.2. The standard InChI is InChI=1S/C9H18ClNO/c1-9(2,3)7(6-10)8(12)11(4)5/h7H,6H2,1-5H3. The lowest BCUT2D eigenvalue weighted by molar-refractivity contribution is -0.135. The molecule has 0 aromatic heterocycles. The zero-order valence-corrected chi connectivity index (χ0v) is 9.27. The number of amides is 1. The van der Waals surface area contributed by atoms with Crippen LogP contribution in [0.1, 0.15) is 20.8 Å². The minimum Gasteiger partial charge on any atom is -0.349 e. The van der Waals surface area contributed by atoms with Gasteiger partial charge in [0.2, 0.25) is 5.91 Å². The maximum absolute atomic E-state index is 11.6. The Morgan fingerprint density at radius 1 is 1.42 bits per heavy atom. The van der Waals surface area contributed by atoms with Gasteiger partial charge in [0.25, 0.3) is 0 Å². The number of hydrogen-bond acceptors (Lipinski definition) is 1. The van der Waals surface area contributed by atoms with Gasteiger partial charge in [-0.15, -0.1) is 11.6 Å². The molecule has 0 radical (unpaired) electrons. The molecule has 0 fully saturated rings. The second-order valence-electron chi connectivity index (χ2n) is 4.31. The summed E-state index contributed by atoms with van der Waals surface area (Å²) in [5.41, 5.74) is -0.0525. The van der Waals surface area contributed by atoms with Crippen molar-refractivity contribution in [1.29, 1.82) is 0 Å². The molecule has 0 saturated heterocycles. The van der Waals surface area contributed by atoms with E-state index in [-0.39, 0.29) is 17.2 Å². The van der Waals surface area contributed by atoms with Crippen LogP contribution in [-0.4, -0.2) is 30.8 Å². The zero-order chi connectivity index (χ0) is 9.94. The molecule has 12 heavy (non-hydrogen) atoms. The lowest BCUT2D eigenvalue weighted by Crippen LogP contribution is -2.38. The summed E-state index contributed by atoms with van der Waals surface area (Å²) in [6.07, 6.45) is 0. The minimum absolute atomic E-state index is 0.0525. The molecule has 0 heterocycles. The van der Waals surface area contributed by atoms with E-state index in [9.17, 15) is 4.79 Å². The average Bonchev–Trinajstić information content (AvgIpc) is 1.85. The minimum atomic E-state index is -0.0887. The van der Waals surface area contributed by atoms with Crippen LogP contribution in [0, 0.1) is 11.3 Å². The Labute approximate surface area is 79.9 Å². The highest BCUT2D eigenvalue weighted by Gasteiger charge is 2.31. The van der Waals surface area contributed by atoms with Crippen molar-refractivity contribution in [2.45, 2.75) is 20.8 Å². The van der Waals surface area contributed by atoms with Crippen LogP contribution in [0.5, 0.6) is 0 Å². The molecule has 0 N–H and O–H groups in total. The Morgan fingerprint density at radius 3 is 1.92 bits per heavy atom. The van der Waals surface area contributed by atoms with Crippen molar-refractivity contribution in [1.82, 2.24) is 4.90 Å². The summed E-state index contributed by atoms with van der Waals surface area (Å²) in [5.74, 6) is 0.409. The van der Waals surface area contributed by atoms with E-state index in [2.05, 4.69) is 0 Å². The fourth-order valence-corrected chi connectivity index (χ4v) is 1.57. The molecule has 3 heteroatoms. The van der Waals surface area contributed by atoms with Crippen molar-refractivity contribution in [3.05, 3.63) is 0 Å². The first-order chi connectivity index (χ1) is 5.30. The van der Waals surface area contributed by atoms with E-state index in [1.54, 1.807) is 19.0 Å². The van der Waals surface area contributed by atoms with Crippen molar-refractivity contribution in [2.75, 3.05) is 20.0 Å². The predicted molar refractivity (Wildman–Crippen MR) is 52.4 cm³/mol. The van der Waals surface area contributed by atoms with Gasteiger partial charge in [0, 0.05) is 20.0 Å². The van der Waals surface area contributed by atoms with Crippen molar-refractivity contribution in [2.24, 2.45) is 11.3 Å². The van der Waals surface area contributed by atoms with Gasteiger partial charge in [0.15, 0.2) is 0 Å². The molecule has 0 saturated carbocycles. The van der Waals surface area contributed by atoms with Gasteiger partial charge >= 0.3 is 0 Å². The molecule has 0 aliphatic heterocycles. The Kier molecular flexibility index (Phi) is 4.04. The summed E-state index contributed by atoms with van der Waals surface area (Å²) in [5, 5.41) is 0. The summed E-state index contributed by atoms with van der Waals surface area (Å²) in [4.78, 5) is 13.2. The van der Waals surface area contributed by atoms with Crippen LogP contribution in [0.25, 0.3) is 0 Å². The topological polar surface area (TPSA) is 20.3 Å². The third-order valence-corrected chi connectivity index (χ3v) is 2.25. The SMILES string of the molecule is CN(C)C(=O)C(CCl)C(C)(C)C. The fraction of sp³-hybridized carbons (Fsp3) is 0.889. The van der Waals surface area contributed by atoms with Crippen LogP contribution >= 0.6 is 11.6 Å². The van der Waals surface area contributed by atoms with Crippen molar-refractivity contribution in [3.63, 3.8) is 0 Å². The molecule has 0 aliphatic carbocycles. The molecular formula is C9H18ClNO. The third kappa shape index (κ3) is 3.02. The second kappa shape index (κ2) is 4.13. The molecule has 72 valence electrons. The smallest absolute Gasteiger partial charge is 0.226 e. The molecule has 0 aromatic rings. The van der Waals surface area contributed by atoms with Crippen LogP contribution in [0.3, 0.4) is 0 Å². The Balaban J connectivity index is 4.47. The largest absolute Gasteiger partial charge is 0.349 e. The number of nitrogens with zero attached hydrogens (tertiary/aromatic N) is 1. The van der Waals surface area contributed by atoms with Crippen LogP contribution in [0.4, 0.5) is 0 Å². The summed E-state index contributed by atoms with van der Waals surface area (Å²) in [6.45, 7) is 6.09. The maximum atomic E-state index is 11.6. The molecule has 0 bridgehead atoms. The number of hydrogen-bond donors (Lipinski definition) is 0. The first kappa shape index (κ1) is 11.8. The molecule has 0 aliphatic rings. The van der Waals surface area contributed by atoms with Gasteiger partial charge in [-0.2, -0.15) is 0 Å².